The number of carboxylic acids is 3. The van der Waals surface area contributed by atoms with E-state index in [2.05, 4.69) is 4.84 Å². The Hall–Kier alpha value is -3.84. The molecule has 14 heteroatoms. The standard InChI is InChI=1S/2C8H9NO6/c10-5-1-2-6(11)9(5)15-8(14)4-3-7(12)13;10-5-1-2-6(11)9(5)4(8(14)15)3-7(12)13/h1-4H2,(H,12,13);4H,1-3H2,(H,12,13)(H,14,15). The number of imide groups is 2. The number of likely N-dealkylation sites (tertiary alicyclic amines) is 1. The number of carbonyl (C=O) groups is 8. The van der Waals surface area contributed by atoms with Crippen molar-refractivity contribution in [2.45, 2.75) is 51.0 Å². The van der Waals surface area contributed by atoms with Crippen LogP contribution in [0.5, 0.6) is 0 Å². The number of carboxylic acid groups (broad SMARTS) is 3. The van der Waals surface area contributed by atoms with Crippen LogP contribution in [0.25, 0.3) is 0 Å². The Balaban J connectivity index is 0.000000300. The minimum atomic E-state index is -1.59. The Kier molecular flexibility index (Phi) is 8.58. The van der Waals surface area contributed by atoms with Crippen LogP contribution in [0.3, 0.4) is 0 Å². The lowest BCUT2D eigenvalue weighted by Gasteiger charge is -2.20. The third-order valence-electron chi connectivity index (χ3n) is 3.80. The molecule has 0 aromatic heterocycles. The third kappa shape index (κ3) is 6.96. The van der Waals surface area contributed by atoms with Gasteiger partial charge in [-0.1, -0.05) is 0 Å². The lowest BCUT2D eigenvalue weighted by atomic mass is 10.2. The minimum absolute atomic E-state index is 0.0189. The molecule has 30 heavy (non-hydrogen) atoms. The molecule has 2 heterocycles. The maximum Gasteiger partial charge on any atom is 0.333 e. The summed E-state index contributed by atoms with van der Waals surface area (Å²) < 4.78 is 0. The van der Waals surface area contributed by atoms with E-state index in [1.54, 1.807) is 0 Å². The number of rotatable bonds is 8. The normalized spacial score (nSPS) is 16.8. The smallest absolute Gasteiger partial charge is 0.333 e. The highest BCUT2D eigenvalue weighted by Crippen LogP contribution is 2.17. The van der Waals surface area contributed by atoms with Crippen LogP contribution in [0.4, 0.5) is 0 Å². The van der Waals surface area contributed by atoms with Crippen LogP contribution in [-0.2, 0) is 43.2 Å². The second-order valence-corrected chi connectivity index (χ2v) is 6.05. The molecular weight excluding hydrogens is 412 g/mol. The zero-order chi connectivity index (χ0) is 23.0. The molecule has 3 N–H and O–H groups in total. The summed E-state index contributed by atoms with van der Waals surface area (Å²) in [7, 11) is 0. The molecule has 0 aliphatic carbocycles. The van der Waals surface area contributed by atoms with E-state index in [1.165, 1.54) is 0 Å². The van der Waals surface area contributed by atoms with Gasteiger partial charge in [-0.15, -0.1) is 5.06 Å². The van der Waals surface area contributed by atoms with E-state index in [9.17, 15) is 38.4 Å². The Bertz CT molecular complexity index is 755. The van der Waals surface area contributed by atoms with E-state index in [1.807, 2.05) is 0 Å². The van der Waals surface area contributed by atoms with Crippen molar-refractivity contribution in [3.8, 4) is 0 Å². The summed E-state index contributed by atoms with van der Waals surface area (Å²) in [5.41, 5.74) is 0. The Labute approximate surface area is 167 Å². The first-order valence-electron chi connectivity index (χ1n) is 8.51. The lowest BCUT2D eigenvalue weighted by Crippen LogP contribution is -2.45. The average molecular weight is 430 g/mol. The van der Waals surface area contributed by atoms with Gasteiger partial charge in [0, 0.05) is 25.7 Å². The summed E-state index contributed by atoms with van der Waals surface area (Å²) in [6, 6.07) is -1.59. The first-order chi connectivity index (χ1) is 13.9. The number of amides is 4. The quantitative estimate of drug-likeness (QED) is 0.376. The molecule has 0 aromatic carbocycles. The molecule has 2 aliphatic rings. The van der Waals surface area contributed by atoms with Crippen LogP contribution in [0.1, 0.15) is 44.9 Å². The molecule has 4 amide bonds. The fraction of sp³-hybridized carbons (Fsp3) is 0.500. The molecule has 0 saturated carbocycles. The Morgan fingerprint density at radius 1 is 0.767 bits per heavy atom. The van der Waals surface area contributed by atoms with Crippen LogP contribution >= 0.6 is 0 Å². The average Bonchev–Trinajstić information content (AvgIpc) is 3.14. The predicted molar refractivity (Wildman–Crippen MR) is 88.8 cm³/mol. The third-order valence-corrected chi connectivity index (χ3v) is 3.80. The molecule has 2 aliphatic heterocycles. The number of carbonyl (C=O) groups excluding carboxylic acids is 5. The van der Waals surface area contributed by atoms with Gasteiger partial charge in [-0.05, 0) is 0 Å². The van der Waals surface area contributed by atoms with Gasteiger partial charge in [0.25, 0.3) is 11.8 Å². The van der Waals surface area contributed by atoms with Crippen LogP contribution < -0.4 is 0 Å². The molecule has 164 valence electrons. The zero-order valence-corrected chi connectivity index (χ0v) is 15.4. The van der Waals surface area contributed by atoms with Gasteiger partial charge in [0.1, 0.15) is 6.04 Å². The molecule has 2 rings (SSSR count). The zero-order valence-electron chi connectivity index (χ0n) is 15.4. The fourth-order valence-corrected chi connectivity index (χ4v) is 2.41. The first-order valence-corrected chi connectivity index (χ1v) is 8.51. The van der Waals surface area contributed by atoms with Crippen LogP contribution in [0.15, 0.2) is 0 Å². The summed E-state index contributed by atoms with van der Waals surface area (Å²) in [5.74, 6) is -7.32. The number of hydrogen-bond acceptors (Lipinski definition) is 9. The van der Waals surface area contributed by atoms with Gasteiger partial charge in [0.15, 0.2) is 0 Å². The van der Waals surface area contributed by atoms with Crippen molar-refractivity contribution in [2.75, 3.05) is 0 Å². The second kappa shape index (κ2) is 10.6. The molecular formula is C16H18N2O12. The van der Waals surface area contributed by atoms with Gasteiger partial charge in [0.2, 0.25) is 11.8 Å². The highest BCUT2D eigenvalue weighted by atomic mass is 16.7. The summed E-state index contributed by atoms with van der Waals surface area (Å²) in [5, 5.41) is 25.8. The first kappa shape index (κ1) is 24.2. The van der Waals surface area contributed by atoms with Crippen molar-refractivity contribution >= 4 is 47.5 Å². The monoisotopic (exact) mass is 430 g/mol. The number of hydrogen-bond donors (Lipinski definition) is 3. The fourth-order valence-electron chi connectivity index (χ4n) is 2.41. The predicted octanol–water partition coefficient (Wildman–Crippen LogP) is -1.48. The molecule has 1 atom stereocenters. The minimum Gasteiger partial charge on any atom is -0.481 e. The van der Waals surface area contributed by atoms with Crippen molar-refractivity contribution in [1.29, 1.82) is 0 Å². The van der Waals surface area contributed by atoms with Gasteiger partial charge in [0.05, 0.1) is 19.3 Å². The highest BCUT2D eigenvalue weighted by molar-refractivity contribution is 6.05. The largest absolute Gasteiger partial charge is 0.481 e. The Morgan fingerprint density at radius 2 is 1.23 bits per heavy atom. The summed E-state index contributed by atoms with van der Waals surface area (Å²) in [6.45, 7) is 0. The van der Waals surface area contributed by atoms with Gasteiger partial charge in [-0.2, -0.15) is 0 Å². The van der Waals surface area contributed by atoms with E-state index in [0.29, 0.717) is 9.96 Å². The van der Waals surface area contributed by atoms with Crippen LogP contribution in [0.2, 0.25) is 0 Å². The van der Waals surface area contributed by atoms with E-state index in [-0.39, 0.29) is 32.1 Å². The maximum absolute atomic E-state index is 11.2. The molecule has 0 aromatic rings. The molecule has 2 saturated heterocycles. The van der Waals surface area contributed by atoms with Gasteiger partial charge < -0.3 is 20.2 Å². The summed E-state index contributed by atoms with van der Waals surface area (Å²) in [4.78, 5) is 91.4. The van der Waals surface area contributed by atoms with Crippen LogP contribution in [-0.4, -0.2) is 78.8 Å². The van der Waals surface area contributed by atoms with E-state index in [4.69, 9.17) is 15.3 Å². The molecule has 0 spiro atoms. The van der Waals surface area contributed by atoms with Gasteiger partial charge in [-0.3, -0.25) is 33.7 Å². The number of aliphatic carboxylic acids is 3. The van der Waals surface area contributed by atoms with Crippen molar-refractivity contribution < 1.29 is 58.5 Å². The number of hydroxylamine groups is 2. The van der Waals surface area contributed by atoms with Crippen molar-refractivity contribution in [2.24, 2.45) is 0 Å². The SMILES string of the molecule is O=C(O)CC(C(=O)O)N1C(=O)CCC1=O.O=C(O)CCC(=O)ON1C(=O)CCC1=O. The van der Waals surface area contributed by atoms with Gasteiger partial charge >= 0.3 is 23.9 Å². The van der Waals surface area contributed by atoms with Crippen molar-refractivity contribution in [1.82, 2.24) is 9.96 Å². The topological polar surface area (TPSA) is 213 Å². The van der Waals surface area contributed by atoms with E-state index in [0.717, 1.165) is 0 Å². The number of nitrogens with zero attached hydrogens (tertiary/aromatic N) is 2. The van der Waals surface area contributed by atoms with E-state index >= 15 is 0 Å². The lowest BCUT2D eigenvalue weighted by molar-refractivity contribution is -0.197. The van der Waals surface area contributed by atoms with Crippen molar-refractivity contribution in [3.63, 3.8) is 0 Å². The Morgan fingerprint density at radius 3 is 1.63 bits per heavy atom. The molecule has 0 radical (unpaired) electrons. The molecule has 0 bridgehead atoms. The summed E-state index contributed by atoms with van der Waals surface area (Å²) >= 11 is 0. The van der Waals surface area contributed by atoms with Crippen LogP contribution in [0, 0.1) is 0 Å². The van der Waals surface area contributed by atoms with Gasteiger partial charge in [-0.25, -0.2) is 9.59 Å². The molecule has 2 fully saturated rings. The maximum atomic E-state index is 11.2. The second-order valence-electron chi connectivity index (χ2n) is 6.05. The summed E-state index contributed by atoms with van der Waals surface area (Å²) in [6.07, 6.45) is -1.60. The molecule has 1 unspecified atom stereocenters. The van der Waals surface area contributed by atoms with Crippen molar-refractivity contribution in [3.05, 3.63) is 0 Å². The molecule has 14 nitrogen and oxygen atoms in total. The van der Waals surface area contributed by atoms with E-state index < -0.39 is 66.4 Å². The highest BCUT2D eigenvalue weighted by Gasteiger charge is 2.39.